The number of aliphatic imine (C=N–C) groups is 1. The minimum Gasteiger partial charge on any atom is -0.467 e. The number of nitrogens with zero attached hydrogens (tertiary/aromatic N) is 3. The highest BCUT2D eigenvalue weighted by molar-refractivity contribution is 6.10. The number of para-hydroxylation sites is 1. The Labute approximate surface area is 252 Å². The highest BCUT2D eigenvalue weighted by atomic mass is 16.5. The molecule has 2 atom stereocenters. The van der Waals surface area contributed by atoms with E-state index < -0.39 is 11.1 Å². The first kappa shape index (κ1) is 26.0. The van der Waals surface area contributed by atoms with E-state index in [1.807, 2.05) is 12.3 Å². The lowest BCUT2D eigenvalue weighted by Crippen LogP contribution is -2.51. The first-order valence-corrected chi connectivity index (χ1v) is 15.1. The fraction of sp³-hybridized carbons (Fsp3) is 0.231. The van der Waals surface area contributed by atoms with E-state index >= 15 is 0 Å². The van der Waals surface area contributed by atoms with Gasteiger partial charge < -0.3 is 9.30 Å². The van der Waals surface area contributed by atoms with Crippen LogP contribution in [0.25, 0.3) is 38.8 Å². The third-order valence-corrected chi connectivity index (χ3v) is 10.3. The Balaban J connectivity index is 1.33. The van der Waals surface area contributed by atoms with Gasteiger partial charge in [-0.25, -0.2) is 4.99 Å². The second kappa shape index (κ2) is 8.67. The van der Waals surface area contributed by atoms with Crippen molar-refractivity contribution < 1.29 is 4.74 Å². The Morgan fingerprint density at radius 1 is 0.651 bits per heavy atom. The number of benzene rings is 4. The Bertz CT molecular complexity index is 2150. The second-order valence-electron chi connectivity index (χ2n) is 13.2. The van der Waals surface area contributed by atoms with Crippen LogP contribution >= 0.6 is 0 Å². The molecule has 0 amide bonds. The molecular formula is C39H35N3O. The largest absolute Gasteiger partial charge is 0.467 e. The number of hydrogen-bond donors (Lipinski definition) is 0. The van der Waals surface area contributed by atoms with Gasteiger partial charge in [0.05, 0.1) is 16.7 Å². The summed E-state index contributed by atoms with van der Waals surface area (Å²) in [4.78, 5) is 10.1. The molecule has 4 heteroatoms. The van der Waals surface area contributed by atoms with Gasteiger partial charge in [-0.15, -0.1) is 0 Å². The first-order valence-electron chi connectivity index (χ1n) is 15.1. The van der Waals surface area contributed by atoms with Crippen molar-refractivity contribution in [1.29, 1.82) is 0 Å². The normalized spacial score (nSPS) is 22.0. The molecule has 1 aliphatic heterocycles. The Morgan fingerprint density at radius 2 is 1.40 bits per heavy atom. The van der Waals surface area contributed by atoms with Crippen molar-refractivity contribution in [2.75, 3.05) is 0 Å². The SMILES string of the molecule is Cc1cc(C2=N[C@]3(C)c4ccccc4C(C)(C)[C@]3(C)O2)cc(-n2c3ccccc3c3ccc(-c4cc(C)ccn4)cc32)c1. The van der Waals surface area contributed by atoms with Crippen LogP contribution in [0.4, 0.5) is 0 Å². The highest BCUT2D eigenvalue weighted by Crippen LogP contribution is 2.61. The fourth-order valence-corrected chi connectivity index (χ4v) is 7.63. The summed E-state index contributed by atoms with van der Waals surface area (Å²) in [5.41, 5.74) is 10.2. The van der Waals surface area contributed by atoms with Crippen molar-refractivity contribution in [3.63, 3.8) is 0 Å². The second-order valence-corrected chi connectivity index (χ2v) is 13.2. The standard InChI is InChI=1S/C39H35N3O/c1-24-17-18-40-33(21-24)26-15-16-30-29-11-7-10-14-34(29)42(35(30)23-26)28-20-25(2)19-27(22-28)36-41-38(5)32-13-9-8-12-31(32)37(3,4)39(38,6)43-36/h7-23H,1-6H3/t38-,39+/m1/s1. The van der Waals surface area contributed by atoms with E-state index in [4.69, 9.17) is 9.73 Å². The van der Waals surface area contributed by atoms with Gasteiger partial charge in [0.2, 0.25) is 5.90 Å². The van der Waals surface area contributed by atoms with Crippen molar-refractivity contribution in [3.05, 3.63) is 131 Å². The van der Waals surface area contributed by atoms with E-state index in [-0.39, 0.29) is 5.41 Å². The third-order valence-electron chi connectivity index (χ3n) is 10.3. The summed E-state index contributed by atoms with van der Waals surface area (Å²) in [7, 11) is 0. The molecule has 0 bridgehead atoms. The lowest BCUT2D eigenvalue weighted by molar-refractivity contribution is -0.0136. The van der Waals surface area contributed by atoms with Crippen LogP contribution in [-0.2, 0) is 15.7 Å². The Hall–Kier alpha value is -4.70. The molecule has 0 spiro atoms. The molecule has 0 radical (unpaired) electrons. The quantitative estimate of drug-likeness (QED) is 0.216. The fourth-order valence-electron chi connectivity index (χ4n) is 7.63. The molecule has 0 saturated carbocycles. The third kappa shape index (κ3) is 3.44. The predicted molar refractivity (Wildman–Crippen MR) is 176 cm³/mol. The Morgan fingerprint density at radius 3 is 2.21 bits per heavy atom. The van der Waals surface area contributed by atoms with E-state index in [2.05, 4.69) is 142 Å². The minimum absolute atomic E-state index is 0.205. The summed E-state index contributed by atoms with van der Waals surface area (Å²) >= 11 is 0. The van der Waals surface area contributed by atoms with Gasteiger partial charge in [0.25, 0.3) is 0 Å². The van der Waals surface area contributed by atoms with Gasteiger partial charge in [0.1, 0.15) is 11.1 Å². The van der Waals surface area contributed by atoms with Gasteiger partial charge in [0, 0.05) is 39.2 Å². The maximum absolute atomic E-state index is 6.98. The van der Waals surface area contributed by atoms with Crippen molar-refractivity contribution in [3.8, 4) is 16.9 Å². The number of aromatic nitrogens is 2. The molecule has 212 valence electrons. The number of fused-ring (bicyclic) bond motifs is 6. The molecule has 0 unspecified atom stereocenters. The van der Waals surface area contributed by atoms with Crippen LogP contribution in [0.2, 0.25) is 0 Å². The van der Waals surface area contributed by atoms with E-state index in [0.29, 0.717) is 5.90 Å². The summed E-state index contributed by atoms with van der Waals surface area (Å²) in [6, 6.07) is 34.9. The number of aryl methyl sites for hydroxylation is 2. The van der Waals surface area contributed by atoms with Crippen molar-refractivity contribution in [1.82, 2.24) is 9.55 Å². The van der Waals surface area contributed by atoms with E-state index in [9.17, 15) is 0 Å². The maximum Gasteiger partial charge on any atom is 0.217 e. The van der Waals surface area contributed by atoms with E-state index in [1.54, 1.807) is 0 Å². The van der Waals surface area contributed by atoms with Gasteiger partial charge in [-0.05, 0) is 92.4 Å². The molecule has 0 N–H and O–H groups in total. The zero-order valence-corrected chi connectivity index (χ0v) is 25.6. The average molecular weight is 562 g/mol. The van der Waals surface area contributed by atoms with Crippen LogP contribution in [0.5, 0.6) is 0 Å². The van der Waals surface area contributed by atoms with Gasteiger partial charge in [-0.1, -0.05) is 68.4 Å². The van der Waals surface area contributed by atoms with E-state index in [0.717, 1.165) is 33.6 Å². The van der Waals surface area contributed by atoms with Crippen LogP contribution in [0.3, 0.4) is 0 Å². The van der Waals surface area contributed by atoms with Crippen molar-refractivity contribution in [2.45, 2.75) is 58.1 Å². The first-order chi connectivity index (χ1) is 20.6. The molecule has 0 saturated heterocycles. The molecule has 2 aromatic heterocycles. The summed E-state index contributed by atoms with van der Waals surface area (Å²) in [5, 5.41) is 2.45. The monoisotopic (exact) mass is 561 g/mol. The van der Waals surface area contributed by atoms with Gasteiger partial charge in [-0.3, -0.25) is 4.98 Å². The average Bonchev–Trinajstić information content (AvgIpc) is 3.53. The smallest absolute Gasteiger partial charge is 0.217 e. The van der Waals surface area contributed by atoms with Crippen molar-refractivity contribution >= 4 is 27.7 Å². The number of pyridine rings is 1. The molecule has 3 heterocycles. The molecule has 2 aliphatic rings. The highest BCUT2D eigenvalue weighted by Gasteiger charge is 2.67. The van der Waals surface area contributed by atoms with Gasteiger partial charge >= 0.3 is 0 Å². The van der Waals surface area contributed by atoms with Crippen LogP contribution < -0.4 is 0 Å². The van der Waals surface area contributed by atoms with Crippen LogP contribution in [-0.4, -0.2) is 21.0 Å². The zero-order valence-electron chi connectivity index (χ0n) is 25.6. The predicted octanol–water partition coefficient (Wildman–Crippen LogP) is 9.20. The minimum atomic E-state index is -0.508. The lowest BCUT2D eigenvalue weighted by atomic mass is 9.71. The Kier molecular flexibility index (Phi) is 5.23. The lowest BCUT2D eigenvalue weighted by Gasteiger charge is -2.41. The summed E-state index contributed by atoms with van der Waals surface area (Å²) in [5.74, 6) is 0.711. The molecule has 6 aromatic rings. The molecule has 0 fully saturated rings. The molecule has 8 rings (SSSR count). The van der Waals surface area contributed by atoms with Crippen LogP contribution in [0.15, 0.2) is 108 Å². The number of ether oxygens (including phenoxy) is 1. The number of hydrogen-bond acceptors (Lipinski definition) is 3. The molecular weight excluding hydrogens is 526 g/mol. The van der Waals surface area contributed by atoms with Gasteiger partial charge in [0.15, 0.2) is 0 Å². The molecule has 43 heavy (non-hydrogen) atoms. The van der Waals surface area contributed by atoms with Crippen molar-refractivity contribution in [2.24, 2.45) is 4.99 Å². The maximum atomic E-state index is 6.98. The summed E-state index contributed by atoms with van der Waals surface area (Å²) in [6.07, 6.45) is 1.88. The number of rotatable bonds is 3. The molecule has 4 nitrogen and oxygen atoms in total. The van der Waals surface area contributed by atoms with Gasteiger partial charge in [-0.2, -0.15) is 0 Å². The zero-order chi connectivity index (χ0) is 29.7. The topological polar surface area (TPSA) is 39.4 Å². The van der Waals surface area contributed by atoms with E-state index in [1.165, 1.54) is 33.0 Å². The van der Waals surface area contributed by atoms with Crippen LogP contribution in [0, 0.1) is 13.8 Å². The molecule has 1 aliphatic carbocycles. The molecule has 4 aromatic carbocycles. The van der Waals surface area contributed by atoms with Crippen LogP contribution in [0.1, 0.15) is 55.5 Å². The summed E-state index contributed by atoms with van der Waals surface area (Å²) < 4.78 is 9.36. The summed E-state index contributed by atoms with van der Waals surface area (Å²) in [6.45, 7) is 13.3.